The summed E-state index contributed by atoms with van der Waals surface area (Å²) in [7, 11) is 0. The number of anilines is 1. The molecule has 2 aromatic heterocycles. The molecule has 2 heterocycles. The highest BCUT2D eigenvalue weighted by atomic mass is 16.5. The Balaban J connectivity index is 1.71. The van der Waals surface area contributed by atoms with Crippen molar-refractivity contribution in [3.05, 3.63) is 58.6 Å². The van der Waals surface area contributed by atoms with Gasteiger partial charge >= 0.3 is 0 Å². The first-order chi connectivity index (χ1) is 13.0. The highest BCUT2D eigenvalue weighted by molar-refractivity contribution is 6.03. The maximum Gasteiger partial charge on any atom is 0.279 e. The van der Waals surface area contributed by atoms with Crippen LogP contribution in [0.3, 0.4) is 0 Å². The number of carbonyl (C=O) groups is 1. The molecule has 0 aliphatic heterocycles. The van der Waals surface area contributed by atoms with Crippen molar-refractivity contribution < 1.29 is 14.1 Å². The van der Waals surface area contributed by atoms with Crippen molar-refractivity contribution >= 4 is 11.7 Å². The third-order valence-corrected chi connectivity index (χ3v) is 4.44. The van der Waals surface area contributed by atoms with Crippen molar-refractivity contribution in [2.75, 3.05) is 5.32 Å². The Kier molecular flexibility index (Phi) is 5.59. The topological polar surface area (TPSA) is 82.2 Å². The molecule has 0 saturated heterocycles. The van der Waals surface area contributed by atoms with E-state index in [0.29, 0.717) is 17.1 Å². The number of amides is 1. The van der Waals surface area contributed by atoms with Gasteiger partial charge in [-0.05, 0) is 44.9 Å². The third kappa shape index (κ3) is 4.19. The van der Waals surface area contributed by atoms with Gasteiger partial charge in [0.15, 0.2) is 11.5 Å². The first-order valence-corrected chi connectivity index (χ1v) is 9.04. The molecule has 7 nitrogen and oxygen atoms in total. The Morgan fingerprint density at radius 1 is 1.22 bits per heavy atom. The highest BCUT2D eigenvalue weighted by Gasteiger charge is 2.21. The summed E-state index contributed by atoms with van der Waals surface area (Å²) in [5.74, 6) is 1.41. The molecule has 27 heavy (non-hydrogen) atoms. The van der Waals surface area contributed by atoms with Gasteiger partial charge in [0.25, 0.3) is 5.91 Å². The second kappa shape index (κ2) is 8.07. The molecule has 1 N–H and O–H groups in total. The van der Waals surface area contributed by atoms with E-state index in [4.69, 9.17) is 9.26 Å². The Hall–Kier alpha value is -3.09. The van der Waals surface area contributed by atoms with Crippen molar-refractivity contribution in [3.63, 3.8) is 0 Å². The lowest BCUT2D eigenvalue weighted by molar-refractivity contribution is 0.101. The summed E-state index contributed by atoms with van der Waals surface area (Å²) in [6.07, 6.45) is 0.975. The molecule has 0 radical (unpaired) electrons. The maximum atomic E-state index is 12.6. The third-order valence-electron chi connectivity index (χ3n) is 4.44. The number of ether oxygens (including phenoxy) is 1. The average molecular weight is 368 g/mol. The Morgan fingerprint density at radius 2 is 1.96 bits per heavy atom. The molecule has 0 atom stereocenters. The minimum atomic E-state index is -0.368. The lowest BCUT2D eigenvalue weighted by Gasteiger charge is -2.07. The summed E-state index contributed by atoms with van der Waals surface area (Å²) < 4.78 is 12.8. The minimum absolute atomic E-state index is 0.200. The molecule has 0 aliphatic rings. The Morgan fingerprint density at radius 3 is 2.59 bits per heavy atom. The molecule has 3 rings (SSSR count). The molecule has 0 bridgehead atoms. The van der Waals surface area contributed by atoms with Gasteiger partial charge in [-0.2, -0.15) is 5.10 Å². The SMILES string of the molecule is CCc1ccc(OCc2c(C(=O)Nc3cc(C)n(CC)n3)noc2C)cc1. The Bertz CT molecular complexity index is 925. The first kappa shape index (κ1) is 18.7. The largest absolute Gasteiger partial charge is 0.489 e. The van der Waals surface area contributed by atoms with Crippen LogP contribution in [0.1, 0.15) is 46.9 Å². The van der Waals surface area contributed by atoms with Gasteiger partial charge in [-0.1, -0.05) is 24.2 Å². The fraction of sp³-hybridized carbons (Fsp3) is 0.350. The van der Waals surface area contributed by atoms with E-state index in [0.717, 1.165) is 24.4 Å². The molecule has 3 aromatic rings. The van der Waals surface area contributed by atoms with Crippen molar-refractivity contribution in [1.29, 1.82) is 0 Å². The van der Waals surface area contributed by atoms with Gasteiger partial charge in [-0.3, -0.25) is 9.48 Å². The molecule has 142 valence electrons. The molecule has 0 fully saturated rings. The van der Waals surface area contributed by atoms with Gasteiger partial charge in [0.2, 0.25) is 0 Å². The summed E-state index contributed by atoms with van der Waals surface area (Å²) in [5, 5.41) is 11.0. The normalized spacial score (nSPS) is 10.8. The quantitative estimate of drug-likeness (QED) is 0.684. The fourth-order valence-electron chi connectivity index (χ4n) is 2.78. The lowest BCUT2D eigenvalue weighted by atomic mass is 10.1. The molecule has 1 aromatic carbocycles. The number of nitrogens with one attached hydrogen (secondary N) is 1. The van der Waals surface area contributed by atoms with Gasteiger partial charge in [0.05, 0.1) is 5.56 Å². The first-order valence-electron chi connectivity index (χ1n) is 9.04. The van der Waals surface area contributed by atoms with Crippen LogP contribution < -0.4 is 10.1 Å². The summed E-state index contributed by atoms with van der Waals surface area (Å²) in [4.78, 5) is 12.6. The number of rotatable bonds is 7. The van der Waals surface area contributed by atoms with E-state index in [2.05, 4.69) is 22.5 Å². The number of benzene rings is 1. The second-order valence-corrected chi connectivity index (χ2v) is 6.29. The van der Waals surface area contributed by atoms with E-state index in [1.54, 1.807) is 6.92 Å². The van der Waals surface area contributed by atoms with E-state index < -0.39 is 0 Å². The van der Waals surface area contributed by atoms with Crippen LogP contribution in [0.25, 0.3) is 0 Å². The second-order valence-electron chi connectivity index (χ2n) is 6.29. The number of hydrogen-bond donors (Lipinski definition) is 1. The summed E-state index contributed by atoms with van der Waals surface area (Å²) >= 11 is 0. The molecule has 0 spiro atoms. The van der Waals surface area contributed by atoms with Gasteiger partial charge in [-0.25, -0.2) is 0 Å². The number of hydrogen-bond acceptors (Lipinski definition) is 5. The van der Waals surface area contributed by atoms with Crippen molar-refractivity contribution in [1.82, 2.24) is 14.9 Å². The average Bonchev–Trinajstić information content (AvgIpc) is 3.22. The summed E-state index contributed by atoms with van der Waals surface area (Å²) in [6.45, 7) is 8.74. The summed E-state index contributed by atoms with van der Waals surface area (Å²) in [5.41, 5.74) is 3.05. The minimum Gasteiger partial charge on any atom is -0.489 e. The van der Waals surface area contributed by atoms with Crippen LogP contribution in [0.4, 0.5) is 5.82 Å². The highest BCUT2D eigenvalue weighted by Crippen LogP contribution is 2.20. The van der Waals surface area contributed by atoms with Crippen LogP contribution in [-0.2, 0) is 19.6 Å². The molecule has 0 unspecified atom stereocenters. The number of nitrogens with zero attached hydrogens (tertiary/aromatic N) is 3. The van der Waals surface area contributed by atoms with Gasteiger partial charge in [0.1, 0.15) is 18.1 Å². The van der Waals surface area contributed by atoms with E-state index in [9.17, 15) is 4.79 Å². The van der Waals surface area contributed by atoms with E-state index in [1.165, 1.54) is 5.56 Å². The van der Waals surface area contributed by atoms with Crippen molar-refractivity contribution in [2.45, 2.75) is 47.3 Å². The number of aromatic nitrogens is 3. The monoisotopic (exact) mass is 368 g/mol. The molecule has 0 saturated carbocycles. The molecule has 0 aliphatic carbocycles. The number of carbonyl (C=O) groups excluding carboxylic acids is 1. The smallest absolute Gasteiger partial charge is 0.279 e. The number of aryl methyl sites for hydroxylation is 4. The van der Waals surface area contributed by atoms with Crippen LogP contribution in [0.5, 0.6) is 5.75 Å². The summed E-state index contributed by atoms with van der Waals surface area (Å²) in [6, 6.07) is 9.70. The molecule has 7 heteroatoms. The van der Waals surface area contributed by atoms with Gasteiger partial charge < -0.3 is 14.6 Å². The predicted octanol–water partition coefficient (Wildman–Crippen LogP) is 3.90. The van der Waals surface area contributed by atoms with E-state index >= 15 is 0 Å². The van der Waals surface area contributed by atoms with Crippen LogP contribution >= 0.6 is 0 Å². The fourth-order valence-corrected chi connectivity index (χ4v) is 2.78. The molecular weight excluding hydrogens is 344 g/mol. The molecule has 1 amide bonds. The van der Waals surface area contributed by atoms with Crippen LogP contribution in [0.2, 0.25) is 0 Å². The maximum absolute atomic E-state index is 12.6. The van der Waals surface area contributed by atoms with Crippen LogP contribution in [0, 0.1) is 13.8 Å². The van der Waals surface area contributed by atoms with Crippen LogP contribution in [0.15, 0.2) is 34.9 Å². The Labute approximate surface area is 158 Å². The predicted molar refractivity (Wildman–Crippen MR) is 102 cm³/mol. The van der Waals surface area contributed by atoms with Gasteiger partial charge in [-0.15, -0.1) is 0 Å². The van der Waals surface area contributed by atoms with E-state index in [1.807, 2.05) is 48.9 Å². The zero-order chi connectivity index (χ0) is 19.4. The van der Waals surface area contributed by atoms with Crippen molar-refractivity contribution in [3.8, 4) is 5.75 Å². The standard InChI is InChI=1S/C20H24N4O3/c1-5-15-7-9-16(10-8-15)26-12-17-14(4)27-23-19(17)20(25)21-18-11-13(3)24(6-2)22-18/h7-11H,5-6,12H2,1-4H3,(H,21,22,25). The zero-order valence-corrected chi connectivity index (χ0v) is 16.1. The molecular formula is C20H24N4O3. The van der Waals surface area contributed by atoms with Crippen LogP contribution in [-0.4, -0.2) is 20.8 Å². The van der Waals surface area contributed by atoms with Gasteiger partial charge in [0, 0.05) is 18.3 Å². The zero-order valence-electron chi connectivity index (χ0n) is 16.1. The van der Waals surface area contributed by atoms with Crippen molar-refractivity contribution in [2.24, 2.45) is 0 Å². The van der Waals surface area contributed by atoms with E-state index in [-0.39, 0.29) is 18.2 Å². The lowest BCUT2D eigenvalue weighted by Crippen LogP contribution is -2.16.